The summed E-state index contributed by atoms with van der Waals surface area (Å²) in [6.07, 6.45) is 1.69. The van der Waals surface area contributed by atoms with Crippen LogP contribution >= 0.6 is 0 Å². The van der Waals surface area contributed by atoms with Crippen LogP contribution in [0.2, 0.25) is 0 Å². The van der Waals surface area contributed by atoms with Crippen molar-refractivity contribution in [2.24, 2.45) is 0 Å². The van der Waals surface area contributed by atoms with Crippen molar-refractivity contribution in [1.29, 1.82) is 0 Å². The highest BCUT2D eigenvalue weighted by atomic mass is 19.1. The van der Waals surface area contributed by atoms with E-state index >= 15 is 0 Å². The lowest BCUT2D eigenvalue weighted by Gasteiger charge is -2.32. The first-order chi connectivity index (χ1) is 9.06. The van der Waals surface area contributed by atoms with Crippen molar-refractivity contribution in [2.45, 2.75) is 31.8 Å². The number of esters is 1. The van der Waals surface area contributed by atoms with Gasteiger partial charge < -0.3 is 4.74 Å². The zero-order valence-electron chi connectivity index (χ0n) is 11.3. The van der Waals surface area contributed by atoms with E-state index in [0.717, 1.165) is 24.9 Å². The summed E-state index contributed by atoms with van der Waals surface area (Å²) in [4.78, 5) is 11.8. The Labute approximate surface area is 112 Å². The zero-order valence-corrected chi connectivity index (χ0v) is 11.3. The van der Waals surface area contributed by atoms with Crippen LogP contribution in [0.5, 0.6) is 0 Å². The van der Waals surface area contributed by atoms with Crippen LogP contribution in [-0.4, -0.2) is 30.2 Å². The number of rotatable bonds is 4. The molecule has 0 amide bonds. The summed E-state index contributed by atoms with van der Waals surface area (Å²) < 4.78 is 17.9. The molecule has 1 aliphatic heterocycles. The molecule has 1 N–H and O–H groups in total. The van der Waals surface area contributed by atoms with Crippen LogP contribution in [0.3, 0.4) is 0 Å². The molecule has 4 nitrogen and oxygen atoms in total. The summed E-state index contributed by atoms with van der Waals surface area (Å²) in [5.74, 6) is -0.492. The standard InChI is InChI=1S/C14H19FN2O2/c1-14(13(18)19-2)7-4-8-17(14)16-10-11-5-3-6-12(15)9-11/h3,5-6,9,16H,4,7-8,10H2,1-2H3/t14-/m0/s1. The first-order valence-corrected chi connectivity index (χ1v) is 6.40. The van der Waals surface area contributed by atoms with Crippen LogP contribution in [0.4, 0.5) is 4.39 Å². The average molecular weight is 266 g/mol. The molecule has 1 aliphatic rings. The van der Waals surface area contributed by atoms with E-state index in [9.17, 15) is 9.18 Å². The monoisotopic (exact) mass is 266 g/mol. The third kappa shape index (κ3) is 2.93. The van der Waals surface area contributed by atoms with Gasteiger partial charge in [0.15, 0.2) is 0 Å². The molecule has 1 fully saturated rings. The fourth-order valence-electron chi connectivity index (χ4n) is 2.48. The van der Waals surface area contributed by atoms with E-state index in [2.05, 4.69) is 5.43 Å². The van der Waals surface area contributed by atoms with Crippen molar-refractivity contribution in [3.8, 4) is 0 Å². The van der Waals surface area contributed by atoms with Crippen molar-refractivity contribution >= 4 is 5.97 Å². The van der Waals surface area contributed by atoms with Gasteiger partial charge in [-0.2, -0.15) is 0 Å². The van der Waals surface area contributed by atoms with Crippen LogP contribution in [0.1, 0.15) is 25.3 Å². The van der Waals surface area contributed by atoms with Gasteiger partial charge in [-0.1, -0.05) is 12.1 Å². The summed E-state index contributed by atoms with van der Waals surface area (Å²) >= 11 is 0. The molecule has 19 heavy (non-hydrogen) atoms. The maximum atomic E-state index is 13.1. The smallest absolute Gasteiger partial charge is 0.327 e. The van der Waals surface area contributed by atoms with Crippen molar-refractivity contribution in [1.82, 2.24) is 10.4 Å². The lowest BCUT2D eigenvalue weighted by atomic mass is 10.0. The first kappa shape index (κ1) is 14.0. The zero-order chi connectivity index (χ0) is 13.9. The molecule has 2 rings (SSSR count). The number of ether oxygens (including phenoxy) is 1. The van der Waals surface area contributed by atoms with Crippen molar-refractivity contribution < 1.29 is 13.9 Å². The number of carbonyl (C=O) groups is 1. The highest BCUT2D eigenvalue weighted by Crippen LogP contribution is 2.28. The van der Waals surface area contributed by atoms with Crippen LogP contribution < -0.4 is 5.43 Å². The summed E-state index contributed by atoms with van der Waals surface area (Å²) in [6.45, 7) is 3.13. The highest BCUT2D eigenvalue weighted by Gasteiger charge is 2.44. The molecule has 1 aromatic carbocycles. The molecule has 0 saturated carbocycles. The van der Waals surface area contributed by atoms with Gasteiger partial charge in [0.05, 0.1) is 7.11 Å². The van der Waals surface area contributed by atoms with Crippen LogP contribution in [0.25, 0.3) is 0 Å². The Hall–Kier alpha value is -1.46. The van der Waals surface area contributed by atoms with E-state index < -0.39 is 5.54 Å². The van der Waals surface area contributed by atoms with E-state index in [-0.39, 0.29) is 11.8 Å². The fraction of sp³-hybridized carbons (Fsp3) is 0.500. The molecular weight excluding hydrogens is 247 g/mol. The molecule has 1 heterocycles. The summed E-state index contributed by atoms with van der Waals surface area (Å²) in [6, 6.07) is 6.42. The lowest BCUT2D eigenvalue weighted by molar-refractivity contribution is -0.154. The van der Waals surface area contributed by atoms with E-state index in [1.807, 2.05) is 18.0 Å². The number of nitrogens with zero attached hydrogens (tertiary/aromatic N) is 1. The lowest BCUT2D eigenvalue weighted by Crippen LogP contribution is -2.54. The molecule has 0 unspecified atom stereocenters. The Morgan fingerprint density at radius 2 is 2.37 bits per heavy atom. The molecule has 104 valence electrons. The summed E-state index contributed by atoms with van der Waals surface area (Å²) in [5, 5.41) is 1.89. The normalized spacial score (nSPS) is 23.5. The van der Waals surface area contributed by atoms with Crippen molar-refractivity contribution in [3.63, 3.8) is 0 Å². The average Bonchev–Trinajstić information content (AvgIpc) is 2.78. The summed E-state index contributed by atoms with van der Waals surface area (Å²) in [7, 11) is 1.40. The van der Waals surface area contributed by atoms with Crippen molar-refractivity contribution in [2.75, 3.05) is 13.7 Å². The maximum absolute atomic E-state index is 13.1. The molecule has 1 aromatic rings. The van der Waals surface area contributed by atoms with Crippen LogP contribution in [-0.2, 0) is 16.1 Å². The third-order valence-corrected chi connectivity index (χ3v) is 3.63. The fourth-order valence-corrected chi connectivity index (χ4v) is 2.48. The largest absolute Gasteiger partial charge is 0.468 e. The predicted octanol–water partition coefficient (Wildman–Crippen LogP) is 1.86. The third-order valence-electron chi connectivity index (χ3n) is 3.63. The number of halogens is 1. The van der Waals surface area contributed by atoms with Gasteiger partial charge in [-0.15, -0.1) is 0 Å². The minimum atomic E-state index is -0.637. The summed E-state index contributed by atoms with van der Waals surface area (Å²) in [5.41, 5.74) is 3.41. The Kier molecular flexibility index (Phi) is 4.17. The second-order valence-electron chi connectivity index (χ2n) is 4.99. The van der Waals surface area contributed by atoms with Gasteiger partial charge in [-0.25, -0.2) is 14.8 Å². The minimum absolute atomic E-state index is 0.239. The molecule has 0 spiro atoms. The molecule has 1 atom stereocenters. The number of carbonyl (C=O) groups excluding carboxylic acids is 1. The number of benzene rings is 1. The van der Waals surface area contributed by atoms with E-state index in [0.29, 0.717) is 6.54 Å². The second-order valence-corrected chi connectivity index (χ2v) is 4.99. The highest BCUT2D eigenvalue weighted by molar-refractivity contribution is 5.80. The molecule has 1 saturated heterocycles. The molecule has 0 aromatic heterocycles. The number of hydrogen-bond acceptors (Lipinski definition) is 4. The van der Waals surface area contributed by atoms with Gasteiger partial charge in [0, 0.05) is 13.1 Å². The SMILES string of the molecule is COC(=O)[C@]1(C)CCCN1NCc1cccc(F)c1. The van der Waals surface area contributed by atoms with E-state index in [4.69, 9.17) is 4.74 Å². The second kappa shape index (κ2) is 5.67. The maximum Gasteiger partial charge on any atom is 0.327 e. The predicted molar refractivity (Wildman–Crippen MR) is 69.6 cm³/mol. The Morgan fingerprint density at radius 1 is 1.58 bits per heavy atom. The van der Waals surface area contributed by atoms with E-state index in [1.54, 1.807) is 6.07 Å². The number of hydrazine groups is 1. The number of nitrogens with one attached hydrogen (secondary N) is 1. The first-order valence-electron chi connectivity index (χ1n) is 6.40. The quantitative estimate of drug-likeness (QED) is 0.845. The van der Waals surface area contributed by atoms with Gasteiger partial charge in [-0.3, -0.25) is 4.79 Å². The van der Waals surface area contributed by atoms with Gasteiger partial charge in [-0.05, 0) is 37.5 Å². The Bertz CT molecular complexity index is 467. The van der Waals surface area contributed by atoms with Gasteiger partial charge in [0.25, 0.3) is 0 Å². The van der Waals surface area contributed by atoms with Gasteiger partial charge in [0.2, 0.25) is 0 Å². The molecule has 5 heteroatoms. The minimum Gasteiger partial charge on any atom is -0.468 e. The Morgan fingerprint density at radius 3 is 3.05 bits per heavy atom. The Balaban J connectivity index is 2.00. The van der Waals surface area contributed by atoms with Gasteiger partial charge in [0.1, 0.15) is 11.4 Å². The molecule has 0 radical (unpaired) electrons. The number of hydrogen-bond donors (Lipinski definition) is 1. The molecule has 0 aliphatic carbocycles. The van der Waals surface area contributed by atoms with Crippen LogP contribution in [0, 0.1) is 5.82 Å². The molecule has 0 bridgehead atoms. The van der Waals surface area contributed by atoms with E-state index in [1.165, 1.54) is 19.2 Å². The number of methoxy groups -OCH3 is 1. The van der Waals surface area contributed by atoms with Crippen molar-refractivity contribution in [3.05, 3.63) is 35.6 Å². The van der Waals surface area contributed by atoms with Gasteiger partial charge >= 0.3 is 5.97 Å². The topological polar surface area (TPSA) is 41.6 Å². The van der Waals surface area contributed by atoms with Crippen LogP contribution in [0.15, 0.2) is 24.3 Å². The molecular formula is C14H19FN2O2.